The molecule has 0 bridgehead atoms. The number of nitrogens with one attached hydrogen (secondary N) is 1. The zero-order valence-electron chi connectivity index (χ0n) is 28.2. The van der Waals surface area contributed by atoms with E-state index in [2.05, 4.69) is 5.32 Å². The molecule has 0 aliphatic rings. The van der Waals surface area contributed by atoms with Gasteiger partial charge in [0.1, 0.15) is 11.1 Å². The Bertz CT molecular complexity index is 1170. The molecule has 0 unspecified atom stereocenters. The summed E-state index contributed by atoms with van der Waals surface area (Å²) < 4.78 is 111. The lowest BCUT2D eigenvalue weighted by molar-refractivity contribution is -0.423. The molecule has 0 saturated heterocycles. The van der Waals surface area contributed by atoms with E-state index in [1.807, 2.05) is 0 Å². The molecule has 16 heteroatoms. The number of ether oxygens (including phenoxy) is 5. The van der Waals surface area contributed by atoms with Crippen LogP contribution in [-0.4, -0.2) is 60.2 Å². The van der Waals surface area contributed by atoms with Gasteiger partial charge in [0.2, 0.25) is 0 Å². The lowest BCUT2D eigenvalue weighted by Gasteiger charge is -2.50. The molecule has 1 aromatic carbocycles. The summed E-state index contributed by atoms with van der Waals surface area (Å²) in [5.41, 5.74) is -3.81. The topological polar surface area (TPSA) is 102 Å². The van der Waals surface area contributed by atoms with E-state index in [0.29, 0.717) is 5.56 Å². The second-order valence-electron chi connectivity index (χ2n) is 13.9. The minimum absolute atomic E-state index is 0.00351. The third-order valence-electron chi connectivity index (χ3n) is 5.99. The normalized spacial score (nSPS) is 15.0. The number of alkyl halides is 5. The number of alkyl carbamates (subject to hydrolysis) is 1. The van der Waals surface area contributed by atoms with Crippen molar-refractivity contribution in [3.05, 3.63) is 22.7 Å². The van der Waals surface area contributed by atoms with E-state index >= 15 is 0 Å². The highest BCUT2D eigenvalue weighted by atomic mass is 35.5. The Hall–Kier alpha value is -1.99. The van der Waals surface area contributed by atoms with Crippen LogP contribution >= 0.6 is 20.3 Å². The third-order valence-corrected chi connectivity index (χ3v) is 6.59. The molecule has 9 nitrogen and oxygen atoms in total. The second-order valence-corrected chi connectivity index (χ2v) is 14.6. The fourth-order valence-corrected chi connectivity index (χ4v) is 4.78. The highest BCUT2D eigenvalue weighted by Crippen LogP contribution is 2.44. The average Bonchev–Trinajstić information content (AvgIpc) is 2.82. The molecule has 1 atom stereocenters. The molecule has 0 heterocycles. The van der Waals surface area contributed by atoms with E-state index in [-0.39, 0.29) is 29.4 Å². The summed E-state index contributed by atoms with van der Waals surface area (Å²) in [7, 11) is 0.491. The number of rotatable bonds is 15. The molecule has 1 N–H and O–H groups in total. The average molecular weight is 710 g/mol. The van der Waals surface area contributed by atoms with Gasteiger partial charge in [-0.3, -0.25) is 0 Å². The van der Waals surface area contributed by atoms with Gasteiger partial charge >= 0.3 is 32.9 Å². The molecule has 0 aromatic heterocycles. The molecule has 1 rings (SSSR count). The first-order valence-corrected chi connectivity index (χ1v) is 15.6. The zero-order chi connectivity index (χ0) is 36.0. The second kappa shape index (κ2) is 15.5. The minimum atomic E-state index is -5.66. The summed E-state index contributed by atoms with van der Waals surface area (Å²) in [4.78, 5) is 13.2. The fourth-order valence-electron chi connectivity index (χ4n) is 4.12. The van der Waals surface area contributed by atoms with Gasteiger partial charge in [-0.25, -0.2) is 13.9 Å². The number of carbonyl (C=O) groups is 1. The highest BCUT2D eigenvalue weighted by Gasteiger charge is 2.58. The fraction of sp³-hybridized carbons (Fsp3) is 0.767. The molecular formula is C30H46ClF5NO8P. The number of aryl methyl sites for hydroxylation is 1. The van der Waals surface area contributed by atoms with E-state index < -0.39 is 74.6 Å². The zero-order valence-corrected chi connectivity index (χ0v) is 29.8. The van der Waals surface area contributed by atoms with E-state index in [9.17, 15) is 31.3 Å². The van der Waals surface area contributed by atoms with Crippen molar-refractivity contribution in [2.75, 3.05) is 13.7 Å². The number of halogens is 6. The van der Waals surface area contributed by atoms with E-state index in [1.165, 1.54) is 19.2 Å². The lowest BCUT2D eigenvalue weighted by Crippen LogP contribution is -2.69. The molecule has 1 aromatic rings. The first-order chi connectivity index (χ1) is 20.6. The smallest absolute Gasteiger partial charge is 0.453 e. The van der Waals surface area contributed by atoms with Gasteiger partial charge < -0.3 is 29.0 Å². The van der Waals surface area contributed by atoms with Gasteiger partial charge in [0.15, 0.2) is 11.5 Å². The van der Waals surface area contributed by atoms with Crippen LogP contribution in [0.1, 0.15) is 94.1 Å². The monoisotopic (exact) mass is 709 g/mol. The number of hydrogen-bond donors (Lipinski definition) is 1. The van der Waals surface area contributed by atoms with Crippen LogP contribution in [0.4, 0.5) is 26.7 Å². The summed E-state index contributed by atoms with van der Waals surface area (Å²) >= 11 is 6.44. The van der Waals surface area contributed by atoms with Crippen molar-refractivity contribution in [1.29, 1.82) is 0 Å². The van der Waals surface area contributed by atoms with Crippen LogP contribution in [0, 0.1) is 0 Å². The van der Waals surface area contributed by atoms with Gasteiger partial charge in [-0.05, 0) is 106 Å². The SMILES string of the molecule is COc1cc(CC[C@@](C)(NC(=O)OC(C)(C)C)C(OP=O)(OC(C)(C)C)OC(C)(C)C)cc(Cl)c1OCCCC(F)(F)C(F)(F)F. The maximum atomic E-state index is 13.3. The van der Waals surface area contributed by atoms with Crippen LogP contribution in [0.5, 0.6) is 11.5 Å². The van der Waals surface area contributed by atoms with Crippen LogP contribution in [0.25, 0.3) is 0 Å². The van der Waals surface area contributed by atoms with Crippen LogP contribution in [0.3, 0.4) is 0 Å². The maximum Gasteiger partial charge on any atom is 0.453 e. The Morgan fingerprint density at radius 1 is 0.870 bits per heavy atom. The molecule has 1 amide bonds. The van der Waals surface area contributed by atoms with Crippen LogP contribution in [0.15, 0.2) is 12.1 Å². The third kappa shape index (κ3) is 12.9. The van der Waals surface area contributed by atoms with Gasteiger partial charge in [0.05, 0.1) is 29.9 Å². The minimum Gasteiger partial charge on any atom is -0.493 e. The Labute approximate surface area is 274 Å². The van der Waals surface area contributed by atoms with Crippen molar-refractivity contribution in [3.8, 4) is 11.5 Å². The van der Waals surface area contributed by atoms with Gasteiger partial charge in [-0.2, -0.15) is 22.0 Å². The van der Waals surface area contributed by atoms with Gasteiger partial charge in [-0.15, -0.1) is 0 Å². The van der Waals surface area contributed by atoms with Crippen molar-refractivity contribution in [2.45, 2.75) is 135 Å². The largest absolute Gasteiger partial charge is 0.493 e. The van der Waals surface area contributed by atoms with Gasteiger partial charge in [0.25, 0.3) is 0 Å². The number of methoxy groups -OCH3 is 1. The Balaban J connectivity index is 3.50. The molecule has 0 aliphatic carbocycles. The summed E-state index contributed by atoms with van der Waals surface area (Å²) in [5, 5.41) is 2.79. The number of benzene rings is 1. The molecule has 0 fully saturated rings. The molecule has 0 spiro atoms. The Morgan fingerprint density at radius 2 is 1.41 bits per heavy atom. The van der Waals surface area contributed by atoms with Crippen molar-refractivity contribution < 1.29 is 59.5 Å². The maximum absolute atomic E-state index is 13.3. The quantitative estimate of drug-likeness (QED) is 0.0832. The van der Waals surface area contributed by atoms with Crippen molar-refractivity contribution >= 4 is 26.4 Å². The van der Waals surface area contributed by atoms with Crippen molar-refractivity contribution in [1.82, 2.24) is 5.32 Å². The predicted molar refractivity (Wildman–Crippen MR) is 163 cm³/mol. The summed E-state index contributed by atoms with van der Waals surface area (Å²) in [6.45, 7) is 16.5. The van der Waals surface area contributed by atoms with Gasteiger partial charge in [-0.1, -0.05) is 11.6 Å². The van der Waals surface area contributed by atoms with E-state index in [0.717, 1.165) is 0 Å². The van der Waals surface area contributed by atoms with Crippen molar-refractivity contribution in [2.24, 2.45) is 0 Å². The van der Waals surface area contributed by atoms with Gasteiger partial charge in [0, 0.05) is 6.42 Å². The molecule has 0 radical (unpaired) electrons. The predicted octanol–water partition coefficient (Wildman–Crippen LogP) is 9.43. The van der Waals surface area contributed by atoms with E-state index in [1.54, 1.807) is 69.2 Å². The number of carbonyl (C=O) groups excluding carboxylic acids is 1. The van der Waals surface area contributed by atoms with Crippen LogP contribution < -0.4 is 14.8 Å². The molecule has 46 heavy (non-hydrogen) atoms. The first kappa shape index (κ1) is 42.0. The lowest BCUT2D eigenvalue weighted by atomic mass is 9.89. The number of amides is 1. The van der Waals surface area contributed by atoms with E-state index in [4.69, 9.17) is 39.8 Å². The first-order valence-electron chi connectivity index (χ1n) is 14.5. The van der Waals surface area contributed by atoms with Crippen LogP contribution in [0.2, 0.25) is 5.02 Å². The summed E-state index contributed by atoms with van der Waals surface area (Å²) in [6, 6.07) is 3.02. The standard InChI is InChI=1S/C30H46ClF5NO8P/c1-24(2,3)42-23(38)37-27(10,30(45-46-39,43-25(4,5)6)44-26(7,8)9)15-13-19-17-20(31)22(21(18-19)40-11)41-16-12-14-28(32,33)29(34,35)36/h17-18H,12-16H2,1-11H3,(H,37,38)/t27-/m1/s1. The Morgan fingerprint density at radius 3 is 1.85 bits per heavy atom. The number of hydrogen-bond acceptors (Lipinski definition) is 8. The summed E-state index contributed by atoms with van der Waals surface area (Å²) in [5.74, 6) is -6.96. The van der Waals surface area contributed by atoms with Crippen LogP contribution in [-0.2, 0) is 29.7 Å². The summed E-state index contributed by atoms with van der Waals surface area (Å²) in [6.07, 6.45) is -8.41. The Kier molecular flexibility index (Phi) is 14.2. The molecule has 0 saturated carbocycles. The molecule has 0 aliphatic heterocycles. The highest BCUT2D eigenvalue weighted by molar-refractivity contribution is 7.17. The molecular weight excluding hydrogens is 664 g/mol. The van der Waals surface area contributed by atoms with Crippen molar-refractivity contribution in [3.63, 3.8) is 0 Å². The molecule has 266 valence electrons.